The van der Waals surface area contributed by atoms with Crippen LogP contribution in [0.4, 0.5) is 4.39 Å². The largest absolute Gasteiger partial charge is 0.313 e. The van der Waals surface area contributed by atoms with E-state index in [1.807, 2.05) is 13.0 Å². The van der Waals surface area contributed by atoms with E-state index in [1.54, 1.807) is 12.1 Å². The number of hydrogen-bond donors (Lipinski definition) is 1. The van der Waals surface area contributed by atoms with Crippen molar-refractivity contribution >= 4 is 23.5 Å². The second-order valence-corrected chi connectivity index (χ2v) is 8.52. The van der Waals surface area contributed by atoms with Gasteiger partial charge in [-0.15, -0.1) is 0 Å². The van der Waals surface area contributed by atoms with Gasteiger partial charge in [-0.1, -0.05) is 19.9 Å². The third-order valence-corrected chi connectivity index (χ3v) is 7.29. The Hall–Kier alpha value is -0.190. The molecule has 0 amide bonds. The fourth-order valence-corrected chi connectivity index (χ4v) is 5.81. The van der Waals surface area contributed by atoms with E-state index in [4.69, 9.17) is 0 Å². The van der Waals surface area contributed by atoms with Gasteiger partial charge in [-0.25, -0.2) is 4.39 Å². The first-order valence-electron chi connectivity index (χ1n) is 7.83. The van der Waals surface area contributed by atoms with Crippen LogP contribution in [0, 0.1) is 12.7 Å². The van der Waals surface area contributed by atoms with Crippen molar-refractivity contribution in [3.63, 3.8) is 0 Å². The highest BCUT2D eigenvalue weighted by Crippen LogP contribution is 2.34. The van der Waals surface area contributed by atoms with Gasteiger partial charge in [0.05, 0.1) is 0 Å². The lowest BCUT2D eigenvalue weighted by atomic mass is 9.97. The molecule has 1 fully saturated rings. The van der Waals surface area contributed by atoms with Gasteiger partial charge in [-0.2, -0.15) is 23.5 Å². The molecule has 118 valence electrons. The Morgan fingerprint density at radius 2 is 2.10 bits per heavy atom. The third-order valence-electron chi connectivity index (χ3n) is 4.03. The van der Waals surface area contributed by atoms with Crippen LogP contribution in [-0.2, 0) is 6.42 Å². The molecule has 1 aliphatic rings. The minimum atomic E-state index is -0.134. The van der Waals surface area contributed by atoms with E-state index in [2.05, 4.69) is 42.7 Å². The number of thioether (sulfide) groups is 2. The standard InChI is InChI=1S/C17H26FNS2/c1-4-7-19-16(17-13(3)20-8-9-21-17)11-14-5-6-15(18)10-12(14)2/h5-6,10,13,16-17,19H,4,7-9,11H2,1-3H3. The second-order valence-electron chi connectivity index (χ2n) is 5.75. The summed E-state index contributed by atoms with van der Waals surface area (Å²) in [7, 11) is 0. The topological polar surface area (TPSA) is 12.0 Å². The Kier molecular flexibility index (Phi) is 6.90. The molecule has 0 spiro atoms. The first-order chi connectivity index (χ1) is 10.1. The lowest BCUT2D eigenvalue weighted by Gasteiger charge is -2.35. The number of nitrogens with one attached hydrogen (secondary N) is 1. The average Bonchev–Trinajstić information content (AvgIpc) is 2.46. The maximum atomic E-state index is 13.3. The minimum absolute atomic E-state index is 0.134. The molecule has 21 heavy (non-hydrogen) atoms. The van der Waals surface area contributed by atoms with E-state index in [0.29, 0.717) is 16.5 Å². The number of aryl methyl sites for hydroxylation is 1. The van der Waals surface area contributed by atoms with Gasteiger partial charge in [0.1, 0.15) is 5.82 Å². The van der Waals surface area contributed by atoms with Crippen LogP contribution in [0.15, 0.2) is 18.2 Å². The summed E-state index contributed by atoms with van der Waals surface area (Å²) in [6.45, 7) is 7.62. The van der Waals surface area contributed by atoms with Crippen molar-refractivity contribution in [3.8, 4) is 0 Å². The van der Waals surface area contributed by atoms with Crippen molar-refractivity contribution < 1.29 is 4.39 Å². The van der Waals surface area contributed by atoms with E-state index in [0.717, 1.165) is 24.9 Å². The lowest BCUT2D eigenvalue weighted by molar-refractivity contribution is 0.485. The van der Waals surface area contributed by atoms with Gasteiger partial charge in [-0.3, -0.25) is 0 Å². The number of rotatable bonds is 6. The summed E-state index contributed by atoms with van der Waals surface area (Å²) >= 11 is 4.19. The summed E-state index contributed by atoms with van der Waals surface area (Å²) in [5.41, 5.74) is 2.34. The molecule has 4 heteroatoms. The van der Waals surface area contributed by atoms with Gasteiger partial charge in [0.25, 0.3) is 0 Å². The van der Waals surface area contributed by atoms with Crippen LogP contribution in [0.5, 0.6) is 0 Å². The fourth-order valence-electron chi connectivity index (χ4n) is 2.85. The van der Waals surface area contributed by atoms with Gasteiger partial charge in [0, 0.05) is 28.0 Å². The maximum Gasteiger partial charge on any atom is 0.123 e. The molecule has 3 unspecified atom stereocenters. The Morgan fingerprint density at radius 1 is 1.33 bits per heavy atom. The molecular weight excluding hydrogens is 301 g/mol. The van der Waals surface area contributed by atoms with Crippen molar-refractivity contribution in [2.24, 2.45) is 0 Å². The monoisotopic (exact) mass is 327 g/mol. The molecule has 2 rings (SSSR count). The molecule has 0 saturated carbocycles. The lowest BCUT2D eigenvalue weighted by Crippen LogP contribution is -2.46. The van der Waals surface area contributed by atoms with Gasteiger partial charge < -0.3 is 5.32 Å². The van der Waals surface area contributed by atoms with Crippen molar-refractivity contribution in [1.82, 2.24) is 5.32 Å². The summed E-state index contributed by atoms with van der Waals surface area (Å²) in [5.74, 6) is 2.37. The smallest absolute Gasteiger partial charge is 0.123 e. The van der Waals surface area contributed by atoms with Crippen LogP contribution < -0.4 is 5.32 Å². The molecule has 1 heterocycles. The molecule has 0 aliphatic carbocycles. The van der Waals surface area contributed by atoms with Crippen LogP contribution >= 0.6 is 23.5 Å². The summed E-state index contributed by atoms with van der Waals surface area (Å²) < 4.78 is 13.3. The molecule has 3 atom stereocenters. The summed E-state index contributed by atoms with van der Waals surface area (Å²) in [6, 6.07) is 5.67. The van der Waals surface area contributed by atoms with Crippen LogP contribution in [0.3, 0.4) is 0 Å². The molecular formula is C17H26FNS2. The van der Waals surface area contributed by atoms with E-state index in [1.165, 1.54) is 17.1 Å². The summed E-state index contributed by atoms with van der Waals surface area (Å²) in [6.07, 6.45) is 2.15. The van der Waals surface area contributed by atoms with Crippen molar-refractivity contribution in [2.45, 2.75) is 50.2 Å². The molecule has 1 aliphatic heterocycles. The molecule has 1 aromatic carbocycles. The van der Waals surface area contributed by atoms with E-state index >= 15 is 0 Å². The zero-order valence-electron chi connectivity index (χ0n) is 13.2. The minimum Gasteiger partial charge on any atom is -0.313 e. The van der Waals surface area contributed by atoms with E-state index < -0.39 is 0 Å². The maximum absolute atomic E-state index is 13.3. The zero-order valence-corrected chi connectivity index (χ0v) is 14.8. The van der Waals surface area contributed by atoms with Crippen molar-refractivity contribution in [2.75, 3.05) is 18.1 Å². The zero-order chi connectivity index (χ0) is 15.2. The van der Waals surface area contributed by atoms with Gasteiger partial charge in [0.2, 0.25) is 0 Å². The third kappa shape index (κ3) is 4.90. The predicted molar refractivity (Wildman–Crippen MR) is 95.1 cm³/mol. The second kappa shape index (κ2) is 8.44. The highest BCUT2D eigenvalue weighted by molar-refractivity contribution is 8.07. The number of halogens is 1. The number of benzene rings is 1. The highest BCUT2D eigenvalue weighted by atomic mass is 32.2. The highest BCUT2D eigenvalue weighted by Gasteiger charge is 2.30. The molecule has 0 bridgehead atoms. The van der Waals surface area contributed by atoms with E-state index in [9.17, 15) is 4.39 Å². The molecule has 1 saturated heterocycles. The molecule has 1 N–H and O–H groups in total. The molecule has 0 aromatic heterocycles. The van der Waals surface area contributed by atoms with Crippen LogP contribution in [0.2, 0.25) is 0 Å². The van der Waals surface area contributed by atoms with Gasteiger partial charge in [0.15, 0.2) is 0 Å². The summed E-state index contributed by atoms with van der Waals surface area (Å²) in [5, 5.41) is 5.05. The van der Waals surface area contributed by atoms with Crippen LogP contribution in [0.1, 0.15) is 31.4 Å². The molecule has 0 radical (unpaired) electrons. The average molecular weight is 328 g/mol. The predicted octanol–water partition coefficient (Wildman–Crippen LogP) is 4.28. The SMILES string of the molecule is CCCNC(Cc1ccc(F)cc1C)C1SCCSC1C. The Bertz CT molecular complexity index is 452. The molecule has 1 aromatic rings. The van der Waals surface area contributed by atoms with Crippen LogP contribution in [-0.4, -0.2) is 34.6 Å². The van der Waals surface area contributed by atoms with Gasteiger partial charge in [-0.05, 0) is 49.6 Å². The molecule has 1 nitrogen and oxygen atoms in total. The van der Waals surface area contributed by atoms with Crippen molar-refractivity contribution in [1.29, 1.82) is 0 Å². The quantitative estimate of drug-likeness (QED) is 0.837. The first-order valence-corrected chi connectivity index (χ1v) is 9.93. The fraction of sp³-hybridized carbons (Fsp3) is 0.647. The van der Waals surface area contributed by atoms with Crippen molar-refractivity contribution in [3.05, 3.63) is 35.1 Å². The Balaban J connectivity index is 2.11. The Morgan fingerprint density at radius 3 is 2.76 bits per heavy atom. The van der Waals surface area contributed by atoms with Crippen LogP contribution in [0.25, 0.3) is 0 Å². The van der Waals surface area contributed by atoms with Gasteiger partial charge >= 0.3 is 0 Å². The number of hydrogen-bond acceptors (Lipinski definition) is 3. The van der Waals surface area contributed by atoms with E-state index in [-0.39, 0.29) is 5.82 Å². The normalized spacial score (nSPS) is 24.0. The first kappa shape index (κ1) is 17.2. The Labute approximate surface area is 136 Å². The summed E-state index contributed by atoms with van der Waals surface area (Å²) in [4.78, 5) is 0.